The van der Waals surface area contributed by atoms with Crippen LogP contribution in [0.2, 0.25) is 0 Å². The van der Waals surface area contributed by atoms with Gasteiger partial charge in [0.15, 0.2) is 0 Å². The number of hydrogen-bond acceptors (Lipinski definition) is 3. The largest absolute Gasteiger partial charge is 0.422 e. The lowest BCUT2D eigenvalue weighted by Crippen LogP contribution is -2.08. The smallest absolute Gasteiger partial charge is 0.393 e. The molecule has 1 aromatic heterocycles. The van der Waals surface area contributed by atoms with Crippen LogP contribution in [0.3, 0.4) is 0 Å². The molecule has 1 heterocycles. The van der Waals surface area contributed by atoms with E-state index in [-0.39, 0.29) is 0 Å². The molecule has 3 aromatic rings. The molecular weight excluding hydrogens is 271 g/mol. The molecule has 4 heteroatoms. The summed E-state index contributed by atoms with van der Waals surface area (Å²) in [6, 6.07) is 16.6. The Labute approximate surface area is 131 Å². The van der Waals surface area contributed by atoms with E-state index in [1.165, 1.54) is 16.3 Å². The number of benzene rings is 2. The first kappa shape index (κ1) is 14.4. The van der Waals surface area contributed by atoms with Crippen molar-refractivity contribution in [2.45, 2.75) is 0 Å². The fourth-order valence-electron chi connectivity index (χ4n) is 2.43. The zero-order chi connectivity index (χ0) is 15.2. The topological polar surface area (TPSA) is 34.1 Å². The molecule has 0 radical (unpaired) electrons. The van der Waals surface area contributed by atoms with Gasteiger partial charge in [0, 0.05) is 30.6 Å². The van der Waals surface area contributed by atoms with E-state index in [0.29, 0.717) is 7.62 Å². The standard InChI is InChI=1S/C18H17BN2O/c1-22-19-21-18-9-8-15(16-4-2-3-5-17(16)18)7-6-14-10-12-20-13-11-14/h2-13,19,21H,1H3/b7-6+. The van der Waals surface area contributed by atoms with Gasteiger partial charge < -0.3 is 9.88 Å². The Hall–Kier alpha value is -2.59. The Balaban J connectivity index is 1.99. The number of hydrogen-bond donors (Lipinski definition) is 1. The molecule has 0 aliphatic carbocycles. The molecule has 2 aromatic carbocycles. The fraction of sp³-hybridized carbons (Fsp3) is 0.0556. The number of rotatable bonds is 5. The van der Waals surface area contributed by atoms with Crippen LogP contribution < -0.4 is 5.23 Å². The molecule has 0 saturated carbocycles. The second-order valence-corrected chi connectivity index (χ2v) is 4.97. The zero-order valence-corrected chi connectivity index (χ0v) is 12.5. The highest BCUT2D eigenvalue weighted by atomic mass is 16.4. The fourth-order valence-corrected chi connectivity index (χ4v) is 2.43. The quantitative estimate of drug-likeness (QED) is 0.726. The van der Waals surface area contributed by atoms with Gasteiger partial charge in [-0.05, 0) is 34.7 Å². The third-order valence-electron chi connectivity index (χ3n) is 3.53. The van der Waals surface area contributed by atoms with Crippen LogP contribution in [0.5, 0.6) is 0 Å². The van der Waals surface area contributed by atoms with Crippen molar-refractivity contribution in [1.29, 1.82) is 0 Å². The highest BCUT2D eigenvalue weighted by molar-refractivity contribution is 6.33. The molecule has 3 rings (SSSR count). The zero-order valence-electron chi connectivity index (χ0n) is 12.5. The van der Waals surface area contributed by atoms with Gasteiger partial charge in [0.2, 0.25) is 0 Å². The minimum absolute atomic E-state index is 0.496. The Morgan fingerprint density at radius 1 is 0.955 bits per heavy atom. The number of fused-ring (bicyclic) bond motifs is 1. The van der Waals surface area contributed by atoms with E-state index in [0.717, 1.165) is 11.3 Å². The molecule has 0 saturated heterocycles. The predicted molar refractivity (Wildman–Crippen MR) is 94.9 cm³/mol. The number of aromatic nitrogens is 1. The maximum Gasteiger partial charge on any atom is 0.393 e. The highest BCUT2D eigenvalue weighted by Gasteiger charge is 2.04. The molecule has 0 aliphatic rings. The van der Waals surface area contributed by atoms with Gasteiger partial charge in [-0.3, -0.25) is 4.98 Å². The summed E-state index contributed by atoms with van der Waals surface area (Å²) in [6.07, 6.45) is 7.84. The Morgan fingerprint density at radius 2 is 1.73 bits per heavy atom. The lowest BCUT2D eigenvalue weighted by atomic mass is 10.0. The van der Waals surface area contributed by atoms with Gasteiger partial charge in [0.1, 0.15) is 0 Å². The predicted octanol–water partition coefficient (Wildman–Crippen LogP) is 3.73. The first-order valence-corrected chi connectivity index (χ1v) is 7.21. The van der Waals surface area contributed by atoms with Gasteiger partial charge in [-0.15, -0.1) is 0 Å². The monoisotopic (exact) mass is 288 g/mol. The minimum atomic E-state index is 0.496. The van der Waals surface area contributed by atoms with E-state index in [1.54, 1.807) is 19.5 Å². The van der Waals surface area contributed by atoms with Crippen LogP contribution in [0.4, 0.5) is 5.69 Å². The maximum absolute atomic E-state index is 5.10. The van der Waals surface area contributed by atoms with Crippen LogP contribution in [0.25, 0.3) is 22.9 Å². The summed E-state index contributed by atoms with van der Waals surface area (Å²) in [7, 11) is 2.18. The van der Waals surface area contributed by atoms with E-state index >= 15 is 0 Å². The van der Waals surface area contributed by atoms with E-state index in [2.05, 4.69) is 58.8 Å². The van der Waals surface area contributed by atoms with Crippen LogP contribution in [0.1, 0.15) is 11.1 Å². The second kappa shape index (κ2) is 6.92. The lowest BCUT2D eigenvalue weighted by molar-refractivity contribution is 0.446. The van der Waals surface area contributed by atoms with Crippen molar-refractivity contribution in [3.8, 4) is 0 Å². The van der Waals surface area contributed by atoms with Gasteiger partial charge in [-0.2, -0.15) is 0 Å². The summed E-state index contributed by atoms with van der Waals surface area (Å²) < 4.78 is 5.10. The van der Waals surface area contributed by atoms with Crippen molar-refractivity contribution < 1.29 is 4.65 Å². The minimum Gasteiger partial charge on any atom is -0.422 e. The van der Waals surface area contributed by atoms with Crippen LogP contribution in [0, 0.1) is 0 Å². The van der Waals surface area contributed by atoms with Crippen molar-refractivity contribution in [3.63, 3.8) is 0 Å². The molecule has 0 fully saturated rings. The van der Waals surface area contributed by atoms with Crippen molar-refractivity contribution >= 4 is 36.2 Å². The molecule has 0 amide bonds. The van der Waals surface area contributed by atoms with Crippen molar-refractivity contribution in [3.05, 3.63) is 72.1 Å². The van der Waals surface area contributed by atoms with Gasteiger partial charge in [-0.1, -0.05) is 42.5 Å². The van der Waals surface area contributed by atoms with Crippen LogP contribution in [-0.2, 0) is 4.65 Å². The number of nitrogens with one attached hydrogen (secondary N) is 1. The maximum atomic E-state index is 5.10. The van der Waals surface area contributed by atoms with E-state index < -0.39 is 0 Å². The van der Waals surface area contributed by atoms with Crippen molar-refractivity contribution in [1.82, 2.24) is 4.98 Å². The summed E-state index contributed by atoms with van der Waals surface area (Å²) >= 11 is 0. The van der Waals surface area contributed by atoms with Crippen LogP contribution >= 0.6 is 0 Å². The SMILES string of the molecule is COBNc1ccc(/C=C/c2ccncc2)c2ccccc12. The Morgan fingerprint density at radius 3 is 2.50 bits per heavy atom. The second-order valence-electron chi connectivity index (χ2n) is 4.97. The first-order valence-electron chi connectivity index (χ1n) is 7.21. The molecule has 22 heavy (non-hydrogen) atoms. The molecule has 1 N–H and O–H groups in total. The summed E-state index contributed by atoms with van der Waals surface area (Å²) in [5.41, 5.74) is 3.41. The number of pyridine rings is 1. The molecule has 0 atom stereocenters. The summed E-state index contributed by atoms with van der Waals surface area (Å²) in [4.78, 5) is 4.04. The average molecular weight is 288 g/mol. The van der Waals surface area contributed by atoms with E-state index in [1.807, 2.05) is 12.1 Å². The molecule has 0 spiro atoms. The van der Waals surface area contributed by atoms with E-state index in [4.69, 9.17) is 4.65 Å². The summed E-state index contributed by atoms with van der Waals surface area (Å²) in [5.74, 6) is 0. The molecular formula is C18H17BN2O. The molecule has 3 nitrogen and oxygen atoms in total. The Bertz CT molecular complexity index is 787. The normalized spacial score (nSPS) is 11.0. The van der Waals surface area contributed by atoms with Crippen LogP contribution in [0.15, 0.2) is 60.9 Å². The summed E-state index contributed by atoms with van der Waals surface area (Å²) in [5, 5.41) is 5.69. The number of nitrogens with zero attached hydrogens (tertiary/aromatic N) is 1. The van der Waals surface area contributed by atoms with E-state index in [9.17, 15) is 0 Å². The van der Waals surface area contributed by atoms with Gasteiger partial charge in [0.05, 0.1) is 0 Å². The first-order chi connectivity index (χ1) is 10.9. The van der Waals surface area contributed by atoms with Crippen LogP contribution in [-0.4, -0.2) is 19.7 Å². The third-order valence-corrected chi connectivity index (χ3v) is 3.53. The van der Waals surface area contributed by atoms with Gasteiger partial charge >= 0.3 is 7.62 Å². The highest BCUT2D eigenvalue weighted by Crippen LogP contribution is 2.27. The lowest BCUT2D eigenvalue weighted by Gasteiger charge is -2.10. The molecule has 0 bridgehead atoms. The van der Waals surface area contributed by atoms with Gasteiger partial charge in [-0.25, -0.2) is 0 Å². The molecule has 0 aliphatic heterocycles. The molecule has 108 valence electrons. The van der Waals surface area contributed by atoms with Crippen molar-refractivity contribution in [2.24, 2.45) is 0 Å². The molecule has 0 unspecified atom stereocenters. The van der Waals surface area contributed by atoms with Crippen molar-refractivity contribution in [2.75, 3.05) is 12.3 Å². The summed E-state index contributed by atoms with van der Waals surface area (Å²) in [6.45, 7) is 0. The Kier molecular flexibility index (Phi) is 4.51. The number of anilines is 1. The average Bonchev–Trinajstić information content (AvgIpc) is 2.59. The van der Waals surface area contributed by atoms with Gasteiger partial charge in [0.25, 0.3) is 0 Å². The third kappa shape index (κ3) is 3.18.